The molecule has 3 rings (SSSR count). The molecular formula is C15H27N5OS. The lowest BCUT2D eigenvalue weighted by molar-refractivity contribution is 0.0348. The number of aliphatic hydroxyl groups is 1. The van der Waals surface area contributed by atoms with Gasteiger partial charge in [-0.25, -0.2) is 4.68 Å². The topological polar surface area (TPSA) is 49.5 Å². The van der Waals surface area contributed by atoms with Crippen molar-refractivity contribution in [1.82, 2.24) is 24.1 Å². The van der Waals surface area contributed by atoms with E-state index in [1.165, 1.54) is 0 Å². The number of piperazine rings is 1. The van der Waals surface area contributed by atoms with Crippen molar-refractivity contribution in [2.45, 2.75) is 52.0 Å². The largest absolute Gasteiger partial charge is 0.388 e. The maximum atomic E-state index is 9.55. The lowest BCUT2D eigenvalue weighted by Crippen LogP contribution is -2.54. The van der Waals surface area contributed by atoms with Gasteiger partial charge < -0.3 is 10.0 Å². The Balaban J connectivity index is 1.81. The van der Waals surface area contributed by atoms with Gasteiger partial charge in [-0.2, -0.15) is 5.10 Å². The minimum absolute atomic E-state index is 0.0382. The smallest absolute Gasteiger partial charge is 0.199 e. The van der Waals surface area contributed by atoms with Crippen molar-refractivity contribution >= 4 is 12.2 Å². The molecule has 2 fully saturated rings. The molecule has 2 aliphatic rings. The summed E-state index contributed by atoms with van der Waals surface area (Å²) in [6.07, 6.45) is 2.30. The zero-order chi connectivity index (χ0) is 15.9. The molecule has 0 aromatic carbocycles. The number of hydrogen-bond acceptors (Lipinski definition) is 5. The Kier molecular flexibility index (Phi) is 4.68. The molecule has 0 spiro atoms. The summed E-state index contributed by atoms with van der Waals surface area (Å²) in [7, 11) is 2.18. The minimum atomic E-state index is -0.0382. The van der Waals surface area contributed by atoms with E-state index < -0.39 is 0 Å². The zero-order valence-electron chi connectivity index (χ0n) is 13.8. The van der Waals surface area contributed by atoms with Gasteiger partial charge >= 0.3 is 0 Å². The van der Waals surface area contributed by atoms with E-state index in [0.717, 1.165) is 43.9 Å². The van der Waals surface area contributed by atoms with Crippen LogP contribution in [0.15, 0.2) is 0 Å². The van der Waals surface area contributed by atoms with Crippen molar-refractivity contribution in [1.29, 1.82) is 0 Å². The predicted molar refractivity (Wildman–Crippen MR) is 88.1 cm³/mol. The summed E-state index contributed by atoms with van der Waals surface area (Å²) in [5.74, 6) is 1.31. The van der Waals surface area contributed by atoms with Crippen LogP contribution in [0.25, 0.3) is 0 Å². The Morgan fingerprint density at radius 3 is 2.64 bits per heavy atom. The highest BCUT2D eigenvalue weighted by Gasteiger charge is 2.31. The first-order valence-electron chi connectivity index (χ1n) is 8.23. The molecule has 0 bridgehead atoms. The summed E-state index contributed by atoms with van der Waals surface area (Å²) in [6.45, 7) is 8.43. The Bertz CT molecular complexity index is 577. The van der Waals surface area contributed by atoms with E-state index in [1.807, 2.05) is 4.68 Å². The SMILES string of the molecule is CC(C)C1CN(C)CCN1Cn1nc(CO)n(C2CC2)c1=S. The fourth-order valence-corrected chi connectivity index (χ4v) is 3.69. The second-order valence-corrected chi connectivity index (χ2v) is 7.35. The first kappa shape index (κ1) is 16.1. The summed E-state index contributed by atoms with van der Waals surface area (Å²) in [4.78, 5) is 4.87. The zero-order valence-corrected chi connectivity index (χ0v) is 14.6. The third kappa shape index (κ3) is 3.13. The normalized spacial score (nSPS) is 24.3. The van der Waals surface area contributed by atoms with Crippen LogP contribution >= 0.6 is 12.2 Å². The number of rotatable bonds is 5. The third-order valence-electron chi connectivity index (χ3n) is 4.82. The van der Waals surface area contributed by atoms with Gasteiger partial charge in [0.05, 0.1) is 6.67 Å². The molecule has 1 aromatic heterocycles. The van der Waals surface area contributed by atoms with E-state index in [-0.39, 0.29) is 6.61 Å². The van der Waals surface area contributed by atoms with E-state index in [2.05, 4.69) is 40.4 Å². The molecule has 1 saturated heterocycles. The fourth-order valence-electron chi connectivity index (χ4n) is 3.34. The van der Waals surface area contributed by atoms with E-state index in [9.17, 15) is 5.11 Å². The van der Waals surface area contributed by atoms with Gasteiger partial charge in [-0.3, -0.25) is 9.47 Å². The first-order chi connectivity index (χ1) is 10.5. The molecule has 1 aliphatic heterocycles. The molecule has 1 unspecified atom stereocenters. The lowest BCUT2D eigenvalue weighted by atomic mass is 10.0. The van der Waals surface area contributed by atoms with Crippen LogP contribution in [0.5, 0.6) is 0 Å². The van der Waals surface area contributed by atoms with Gasteiger partial charge in [0.15, 0.2) is 10.6 Å². The number of hydrogen-bond donors (Lipinski definition) is 1. The van der Waals surface area contributed by atoms with Gasteiger partial charge in [-0.15, -0.1) is 0 Å². The van der Waals surface area contributed by atoms with Gasteiger partial charge in [0.1, 0.15) is 6.61 Å². The maximum Gasteiger partial charge on any atom is 0.199 e. The van der Waals surface area contributed by atoms with Crippen molar-refractivity contribution in [2.75, 3.05) is 26.7 Å². The molecular weight excluding hydrogens is 298 g/mol. The minimum Gasteiger partial charge on any atom is -0.388 e. The van der Waals surface area contributed by atoms with Crippen LogP contribution in [-0.2, 0) is 13.3 Å². The monoisotopic (exact) mass is 325 g/mol. The fraction of sp³-hybridized carbons (Fsp3) is 0.867. The van der Waals surface area contributed by atoms with E-state index in [0.29, 0.717) is 23.8 Å². The molecule has 1 aliphatic carbocycles. The molecule has 22 heavy (non-hydrogen) atoms. The maximum absolute atomic E-state index is 9.55. The molecule has 1 N–H and O–H groups in total. The lowest BCUT2D eigenvalue weighted by Gasteiger charge is -2.41. The van der Waals surface area contributed by atoms with Crippen molar-refractivity contribution < 1.29 is 5.11 Å². The van der Waals surface area contributed by atoms with Crippen molar-refractivity contribution in [3.8, 4) is 0 Å². The summed E-state index contributed by atoms with van der Waals surface area (Å²) in [5.41, 5.74) is 0. The average molecular weight is 325 g/mol. The molecule has 0 amide bonds. The standard InChI is InChI=1S/C15H27N5OS/c1-11(2)13-8-17(3)6-7-18(13)10-19-15(22)20(12-4-5-12)14(9-21)16-19/h11-13,21H,4-10H2,1-3H3. The third-order valence-corrected chi connectivity index (χ3v) is 5.22. The number of nitrogens with zero attached hydrogens (tertiary/aromatic N) is 5. The van der Waals surface area contributed by atoms with Crippen LogP contribution < -0.4 is 0 Å². The second-order valence-electron chi connectivity index (χ2n) is 6.99. The molecule has 2 heterocycles. The summed E-state index contributed by atoms with van der Waals surface area (Å²) < 4.78 is 4.71. The van der Waals surface area contributed by atoms with Gasteiger partial charge in [-0.1, -0.05) is 13.8 Å². The van der Waals surface area contributed by atoms with Crippen LogP contribution in [0.1, 0.15) is 38.6 Å². The molecule has 1 aromatic rings. The van der Waals surface area contributed by atoms with Crippen molar-refractivity contribution in [2.24, 2.45) is 5.92 Å². The number of aliphatic hydroxyl groups excluding tert-OH is 1. The Morgan fingerprint density at radius 2 is 2.05 bits per heavy atom. The second kappa shape index (κ2) is 6.39. The van der Waals surface area contributed by atoms with Crippen LogP contribution in [0, 0.1) is 10.7 Å². The summed E-state index contributed by atoms with van der Waals surface area (Å²) in [6, 6.07) is 0.973. The predicted octanol–water partition coefficient (Wildman–Crippen LogP) is 1.47. The van der Waals surface area contributed by atoms with Gasteiger partial charge in [0.25, 0.3) is 0 Å². The highest BCUT2D eigenvalue weighted by Crippen LogP contribution is 2.36. The molecule has 7 heteroatoms. The van der Waals surface area contributed by atoms with E-state index in [4.69, 9.17) is 12.2 Å². The van der Waals surface area contributed by atoms with E-state index in [1.54, 1.807) is 0 Å². The van der Waals surface area contributed by atoms with Gasteiger partial charge in [0.2, 0.25) is 0 Å². The van der Waals surface area contributed by atoms with Crippen molar-refractivity contribution in [3.63, 3.8) is 0 Å². The molecule has 0 radical (unpaired) electrons. The average Bonchev–Trinajstić information content (AvgIpc) is 3.26. The molecule has 1 atom stereocenters. The van der Waals surface area contributed by atoms with Crippen LogP contribution in [0.4, 0.5) is 0 Å². The number of likely N-dealkylation sites (N-methyl/N-ethyl adjacent to an activating group) is 1. The quantitative estimate of drug-likeness (QED) is 0.831. The van der Waals surface area contributed by atoms with Crippen LogP contribution in [0.3, 0.4) is 0 Å². The number of aromatic nitrogens is 3. The molecule has 1 saturated carbocycles. The molecule has 124 valence electrons. The van der Waals surface area contributed by atoms with Crippen LogP contribution in [0.2, 0.25) is 0 Å². The van der Waals surface area contributed by atoms with Gasteiger partial charge in [0, 0.05) is 31.7 Å². The molecule has 6 nitrogen and oxygen atoms in total. The Labute approximate surface area is 137 Å². The summed E-state index contributed by atoms with van der Waals surface area (Å²) in [5, 5.41) is 14.1. The highest BCUT2D eigenvalue weighted by atomic mass is 32.1. The van der Waals surface area contributed by atoms with E-state index >= 15 is 0 Å². The summed E-state index contributed by atoms with van der Waals surface area (Å²) >= 11 is 5.61. The Morgan fingerprint density at radius 1 is 1.32 bits per heavy atom. The first-order valence-corrected chi connectivity index (χ1v) is 8.63. The Hall–Kier alpha value is -0.760. The highest BCUT2D eigenvalue weighted by molar-refractivity contribution is 7.71. The van der Waals surface area contributed by atoms with Crippen LogP contribution in [-0.4, -0.2) is 62.0 Å². The van der Waals surface area contributed by atoms with Gasteiger partial charge in [-0.05, 0) is 38.0 Å². The van der Waals surface area contributed by atoms with Crippen molar-refractivity contribution in [3.05, 3.63) is 10.6 Å².